The minimum Gasteiger partial charge on any atom is -0.465 e. The van der Waals surface area contributed by atoms with E-state index in [-0.39, 0.29) is 5.97 Å². The summed E-state index contributed by atoms with van der Waals surface area (Å²) in [5, 5.41) is 3.89. The number of carbonyl (C=O) groups is 1. The topological polar surface area (TPSA) is 54.5 Å². The fraction of sp³-hybridized carbons (Fsp3) is 0.440. The van der Waals surface area contributed by atoms with E-state index in [9.17, 15) is 4.79 Å². The molecule has 1 aromatic carbocycles. The van der Waals surface area contributed by atoms with E-state index in [4.69, 9.17) is 4.74 Å². The van der Waals surface area contributed by atoms with Gasteiger partial charge in [0.05, 0.1) is 18.4 Å². The van der Waals surface area contributed by atoms with Crippen molar-refractivity contribution >= 4 is 12.0 Å². The SMILES string of the molecule is COC(=O)c1ccc(CN2CCC(N[C@H]3CC3C(C)=Cc3ccccc3)CC2)nc1. The zero-order chi connectivity index (χ0) is 20.9. The van der Waals surface area contributed by atoms with Gasteiger partial charge in [-0.05, 0) is 49.8 Å². The van der Waals surface area contributed by atoms with Crippen molar-refractivity contribution in [2.24, 2.45) is 5.92 Å². The summed E-state index contributed by atoms with van der Waals surface area (Å²) in [6.07, 6.45) is 7.53. The molecule has 2 atom stereocenters. The first-order valence-electron chi connectivity index (χ1n) is 10.9. The Labute approximate surface area is 179 Å². The van der Waals surface area contributed by atoms with Crippen molar-refractivity contribution in [2.75, 3.05) is 20.2 Å². The number of likely N-dealkylation sites (tertiary alicyclic amines) is 1. The van der Waals surface area contributed by atoms with Gasteiger partial charge in [0.2, 0.25) is 0 Å². The highest BCUT2D eigenvalue weighted by molar-refractivity contribution is 5.88. The molecular weight excluding hydrogens is 374 g/mol. The van der Waals surface area contributed by atoms with Crippen molar-refractivity contribution in [1.82, 2.24) is 15.2 Å². The quantitative estimate of drug-likeness (QED) is 0.708. The number of esters is 1. The van der Waals surface area contributed by atoms with E-state index >= 15 is 0 Å². The van der Waals surface area contributed by atoms with Crippen LogP contribution in [0.15, 0.2) is 54.2 Å². The van der Waals surface area contributed by atoms with Crippen LogP contribution in [0.5, 0.6) is 0 Å². The molecule has 4 rings (SSSR count). The Bertz CT molecular complexity index is 871. The van der Waals surface area contributed by atoms with Crippen molar-refractivity contribution < 1.29 is 9.53 Å². The number of aromatic nitrogens is 1. The van der Waals surface area contributed by atoms with Crippen molar-refractivity contribution in [3.8, 4) is 0 Å². The Kier molecular flexibility index (Phi) is 6.60. The molecule has 1 N–H and O–H groups in total. The van der Waals surface area contributed by atoms with Crippen molar-refractivity contribution in [3.63, 3.8) is 0 Å². The highest BCUT2D eigenvalue weighted by atomic mass is 16.5. The van der Waals surface area contributed by atoms with E-state index in [0.717, 1.165) is 25.3 Å². The number of methoxy groups -OCH3 is 1. The summed E-state index contributed by atoms with van der Waals surface area (Å²) >= 11 is 0. The molecule has 0 bridgehead atoms. The van der Waals surface area contributed by atoms with Crippen LogP contribution in [0.3, 0.4) is 0 Å². The van der Waals surface area contributed by atoms with Gasteiger partial charge in [0.25, 0.3) is 0 Å². The van der Waals surface area contributed by atoms with Crippen LogP contribution in [0.2, 0.25) is 0 Å². The van der Waals surface area contributed by atoms with E-state index in [1.54, 1.807) is 12.3 Å². The molecule has 2 aliphatic rings. The van der Waals surface area contributed by atoms with Gasteiger partial charge in [0, 0.05) is 37.9 Å². The maximum absolute atomic E-state index is 11.5. The van der Waals surface area contributed by atoms with Crippen LogP contribution in [0.25, 0.3) is 6.08 Å². The molecule has 5 heteroatoms. The number of carbonyl (C=O) groups excluding carboxylic acids is 1. The third-order valence-electron chi connectivity index (χ3n) is 6.24. The monoisotopic (exact) mass is 405 g/mol. The van der Waals surface area contributed by atoms with E-state index in [2.05, 4.69) is 58.5 Å². The van der Waals surface area contributed by atoms with Gasteiger partial charge < -0.3 is 10.1 Å². The van der Waals surface area contributed by atoms with Gasteiger partial charge in [-0.2, -0.15) is 0 Å². The highest BCUT2D eigenvalue weighted by Gasteiger charge is 2.39. The number of hydrogen-bond donors (Lipinski definition) is 1. The zero-order valence-electron chi connectivity index (χ0n) is 17.9. The molecule has 0 spiro atoms. The number of hydrogen-bond acceptors (Lipinski definition) is 5. The third-order valence-corrected chi connectivity index (χ3v) is 6.24. The van der Waals surface area contributed by atoms with Gasteiger partial charge in [-0.15, -0.1) is 0 Å². The van der Waals surface area contributed by atoms with E-state index in [1.165, 1.54) is 37.5 Å². The fourth-order valence-electron chi connectivity index (χ4n) is 4.35. The smallest absolute Gasteiger partial charge is 0.339 e. The summed E-state index contributed by atoms with van der Waals surface area (Å²) in [5.41, 5.74) is 4.28. The maximum Gasteiger partial charge on any atom is 0.339 e. The molecule has 5 nitrogen and oxygen atoms in total. The number of piperidine rings is 1. The molecule has 158 valence electrons. The van der Waals surface area contributed by atoms with E-state index < -0.39 is 0 Å². The minimum absolute atomic E-state index is 0.340. The molecule has 1 unspecified atom stereocenters. The van der Waals surface area contributed by atoms with Crippen molar-refractivity contribution in [2.45, 2.75) is 44.8 Å². The number of nitrogens with one attached hydrogen (secondary N) is 1. The summed E-state index contributed by atoms with van der Waals surface area (Å²) in [7, 11) is 1.39. The Balaban J connectivity index is 1.20. The molecule has 0 radical (unpaired) electrons. The summed E-state index contributed by atoms with van der Waals surface area (Å²) in [4.78, 5) is 18.4. The lowest BCUT2D eigenvalue weighted by Crippen LogP contribution is -2.43. The third kappa shape index (κ3) is 5.35. The van der Waals surface area contributed by atoms with E-state index in [0.29, 0.717) is 23.6 Å². The number of ether oxygens (including phenoxy) is 1. The average molecular weight is 406 g/mol. The summed E-state index contributed by atoms with van der Waals surface area (Å²) in [5.74, 6) is 0.342. The van der Waals surface area contributed by atoms with Crippen LogP contribution in [-0.4, -0.2) is 48.1 Å². The zero-order valence-corrected chi connectivity index (χ0v) is 17.9. The number of pyridine rings is 1. The predicted octanol–water partition coefficient (Wildman–Crippen LogP) is 3.91. The van der Waals surface area contributed by atoms with Crippen LogP contribution >= 0.6 is 0 Å². The molecule has 1 aliphatic heterocycles. The Morgan fingerprint density at radius 2 is 1.97 bits per heavy atom. The van der Waals surface area contributed by atoms with Crippen molar-refractivity contribution in [1.29, 1.82) is 0 Å². The second-order valence-corrected chi connectivity index (χ2v) is 8.49. The second kappa shape index (κ2) is 9.54. The molecule has 1 saturated heterocycles. The average Bonchev–Trinajstić information content (AvgIpc) is 3.55. The minimum atomic E-state index is -0.340. The highest BCUT2D eigenvalue weighted by Crippen LogP contribution is 2.38. The van der Waals surface area contributed by atoms with Gasteiger partial charge in [-0.1, -0.05) is 42.0 Å². The summed E-state index contributed by atoms with van der Waals surface area (Å²) < 4.78 is 4.73. The maximum atomic E-state index is 11.5. The Morgan fingerprint density at radius 3 is 2.63 bits per heavy atom. The Morgan fingerprint density at radius 1 is 1.20 bits per heavy atom. The molecule has 1 aromatic heterocycles. The summed E-state index contributed by atoms with van der Waals surface area (Å²) in [6, 6.07) is 15.5. The number of rotatable bonds is 7. The molecule has 2 aromatic rings. The normalized spacial score (nSPS) is 22.7. The Hall–Kier alpha value is -2.50. The van der Waals surface area contributed by atoms with Crippen LogP contribution in [-0.2, 0) is 11.3 Å². The first-order valence-corrected chi connectivity index (χ1v) is 10.9. The standard InChI is InChI=1S/C25H31N3O2/c1-18(14-19-6-4-3-5-7-19)23-15-24(23)27-21-10-12-28(13-11-21)17-22-9-8-20(16-26-22)25(29)30-2/h3-9,14,16,21,23-24,27H,10-13,15,17H2,1-2H3/t23?,24-/m0/s1. The number of benzene rings is 1. The van der Waals surface area contributed by atoms with Crippen molar-refractivity contribution in [3.05, 3.63) is 71.1 Å². The predicted molar refractivity (Wildman–Crippen MR) is 119 cm³/mol. The largest absolute Gasteiger partial charge is 0.465 e. The van der Waals surface area contributed by atoms with Crippen LogP contribution in [0.1, 0.15) is 47.8 Å². The van der Waals surface area contributed by atoms with Gasteiger partial charge in [-0.3, -0.25) is 9.88 Å². The van der Waals surface area contributed by atoms with E-state index in [1.807, 2.05) is 6.07 Å². The fourth-order valence-corrected chi connectivity index (χ4v) is 4.35. The molecule has 2 fully saturated rings. The molecule has 2 heterocycles. The van der Waals surface area contributed by atoms with Crippen LogP contribution in [0, 0.1) is 5.92 Å². The van der Waals surface area contributed by atoms with Gasteiger partial charge in [0.1, 0.15) is 0 Å². The molecule has 1 saturated carbocycles. The first-order chi connectivity index (χ1) is 14.6. The lowest BCUT2D eigenvalue weighted by Gasteiger charge is -2.32. The molecule has 1 aliphatic carbocycles. The van der Waals surface area contributed by atoms with Crippen LogP contribution in [0.4, 0.5) is 0 Å². The lowest BCUT2D eigenvalue weighted by molar-refractivity contribution is 0.0600. The number of nitrogens with zero attached hydrogens (tertiary/aromatic N) is 2. The second-order valence-electron chi connectivity index (χ2n) is 8.49. The van der Waals surface area contributed by atoms with Gasteiger partial charge >= 0.3 is 5.97 Å². The van der Waals surface area contributed by atoms with Crippen LogP contribution < -0.4 is 5.32 Å². The van der Waals surface area contributed by atoms with Gasteiger partial charge in [0.15, 0.2) is 0 Å². The molecule has 30 heavy (non-hydrogen) atoms. The molecule has 0 amide bonds. The molecular formula is C25H31N3O2. The lowest BCUT2D eigenvalue weighted by atomic mass is 10.0. The summed E-state index contributed by atoms with van der Waals surface area (Å²) in [6.45, 7) is 5.25. The van der Waals surface area contributed by atoms with Gasteiger partial charge in [-0.25, -0.2) is 4.79 Å². The first kappa shape index (κ1) is 20.8.